The molecule has 0 aliphatic rings. The second kappa shape index (κ2) is 6.17. The molecule has 0 unspecified atom stereocenters. The van der Waals surface area contributed by atoms with Gasteiger partial charge in [0.15, 0.2) is 0 Å². The normalized spacial score (nSPS) is 11.3. The number of sulfonamides is 1. The average Bonchev–Trinajstić information content (AvgIpc) is 2.40. The van der Waals surface area contributed by atoms with Crippen LogP contribution in [0.2, 0.25) is 5.02 Å². The van der Waals surface area contributed by atoms with Gasteiger partial charge in [0.1, 0.15) is 10.7 Å². The molecule has 0 heterocycles. The summed E-state index contributed by atoms with van der Waals surface area (Å²) in [7, 11) is -4.16. The number of hydrogen-bond acceptors (Lipinski definition) is 3. The minimum absolute atomic E-state index is 0.0523. The molecular formula is C15H13ClFNO4S. The lowest BCUT2D eigenvalue weighted by molar-refractivity contribution is 0.0698. The topological polar surface area (TPSA) is 83.5 Å². The van der Waals surface area contributed by atoms with E-state index >= 15 is 0 Å². The number of carboxylic acid groups (broad SMARTS) is 1. The Balaban J connectivity index is 2.56. The summed E-state index contributed by atoms with van der Waals surface area (Å²) < 4.78 is 40.2. The molecule has 2 aromatic carbocycles. The third-order valence-corrected chi connectivity index (χ3v) is 4.96. The van der Waals surface area contributed by atoms with Crippen molar-refractivity contribution < 1.29 is 22.7 Å². The molecule has 0 aliphatic heterocycles. The molecule has 0 aromatic heterocycles. The van der Waals surface area contributed by atoms with E-state index in [0.29, 0.717) is 11.1 Å². The Morgan fingerprint density at radius 2 is 1.87 bits per heavy atom. The van der Waals surface area contributed by atoms with Crippen LogP contribution >= 0.6 is 11.6 Å². The number of rotatable bonds is 4. The predicted molar refractivity (Wildman–Crippen MR) is 85.1 cm³/mol. The first kappa shape index (κ1) is 17.2. The van der Waals surface area contributed by atoms with E-state index in [4.69, 9.17) is 11.6 Å². The van der Waals surface area contributed by atoms with Gasteiger partial charge in [0.2, 0.25) is 0 Å². The molecule has 0 saturated heterocycles. The minimum atomic E-state index is -4.16. The van der Waals surface area contributed by atoms with Gasteiger partial charge in [0.25, 0.3) is 10.0 Å². The highest BCUT2D eigenvalue weighted by atomic mass is 35.5. The Morgan fingerprint density at radius 3 is 2.43 bits per heavy atom. The molecule has 0 spiro atoms. The highest BCUT2D eigenvalue weighted by Crippen LogP contribution is 2.28. The number of benzene rings is 2. The Morgan fingerprint density at radius 1 is 1.22 bits per heavy atom. The van der Waals surface area contributed by atoms with Gasteiger partial charge in [-0.2, -0.15) is 0 Å². The van der Waals surface area contributed by atoms with Gasteiger partial charge in [-0.1, -0.05) is 17.7 Å². The molecule has 5 nitrogen and oxygen atoms in total. The number of hydrogen-bond donors (Lipinski definition) is 2. The van der Waals surface area contributed by atoms with Crippen molar-refractivity contribution in [2.24, 2.45) is 0 Å². The summed E-state index contributed by atoms with van der Waals surface area (Å²) in [5.74, 6) is -1.94. The first-order valence-electron chi connectivity index (χ1n) is 6.44. The maximum Gasteiger partial charge on any atom is 0.337 e. The maximum absolute atomic E-state index is 13.1. The van der Waals surface area contributed by atoms with Gasteiger partial charge in [0, 0.05) is 0 Å². The summed E-state index contributed by atoms with van der Waals surface area (Å²) in [6.45, 7) is 3.29. The molecule has 2 rings (SSSR count). The molecule has 8 heteroatoms. The van der Waals surface area contributed by atoms with E-state index < -0.39 is 21.8 Å². The molecule has 0 atom stereocenters. The molecule has 2 aromatic rings. The summed E-state index contributed by atoms with van der Waals surface area (Å²) >= 11 is 5.77. The van der Waals surface area contributed by atoms with Gasteiger partial charge in [-0.15, -0.1) is 0 Å². The van der Waals surface area contributed by atoms with Crippen LogP contribution in [-0.2, 0) is 10.0 Å². The van der Waals surface area contributed by atoms with Gasteiger partial charge in [0.05, 0.1) is 16.3 Å². The summed E-state index contributed by atoms with van der Waals surface area (Å²) in [4.78, 5) is 11.0. The number of anilines is 1. The fourth-order valence-corrected chi connectivity index (χ4v) is 3.84. The second-order valence-corrected chi connectivity index (χ2v) is 7.05. The lowest BCUT2D eigenvalue weighted by Crippen LogP contribution is -2.17. The number of aromatic carboxylic acids is 1. The van der Waals surface area contributed by atoms with Crippen LogP contribution in [0.3, 0.4) is 0 Å². The van der Waals surface area contributed by atoms with E-state index in [1.165, 1.54) is 6.07 Å². The molecule has 0 bridgehead atoms. The fourth-order valence-electron chi connectivity index (χ4n) is 2.15. The van der Waals surface area contributed by atoms with Crippen molar-refractivity contribution in [1.82, 2.24) is 0 Å². The van der Waals surface area contributed by atoms with Gasteiger partial charge in [-0.25, -0.2) is 17.6 Å². The number of nitrogens with one attached hydrogen (secondary N) is 1. The molecule has 2 N–H and O–H groups in total. The van der Waals surface area contributed by atoms with Crippen LogP contribution < -0.4 is 4.72 Å². The average molecular weight is 358 g/mol. The summed E-state index contributed by atoms with van der Waals surface area (Å²) in [6.07, 6.45) is 0. The lowest BCUT2D eigenvalue weighted by Gasteiger charge is -2.15. The maximum atomic E-state index is 13.1. The van der Waals surface area contributed by atoms with E-state index in [0.717, 1.165) is 18.2 Å². The highest BCUT2D eigenvalue weighted by molar-refractivity contribution is 7.92. The molecule has 122 valence electrons. The molecular weight excluding hydrogens is 345 g/mol. The van der Waals surface area contributed by atoms with E-state index in [9.17, 15) is 22.7 Å². The second-order valence-electron chi connectivity index (χ2n) is 4.99. The largest absolute Gasteiger partial charge is 0.478 e. The summed E-state index contributed by atoms with van der Waals surface area (Å²) in [5, 5.41) is 8.97. The van der Waals surface area contributed by atoms with Crippen molar-refractivity contribution in [3.8, 4) is 0 Å². The summed E-state index contributed by atoms with van der Waals surface area (Å²) in [6, 6.07) is 5.86. The van der Waals surface area contributed by atoms with Crippen LogP contribution in [-0.4, -0.2) is 19.5 Å². The molecule has 0 radical (unpaired) electrons. The third kappa shape index (κ3) is 3.62. The highest BCUT2D eigenvalue weighted by Gasteiger charge is 2.23. The van der Waals surface area contributed by atoms with Gasteiger partial charge < -0.3 is 5.11 Å². The van der Waals surface area contributed by atoms with E-state index in [1.54, 1.807) is 19.9 Å². The zero-order valence-corrected chi connectivity index (χ0v) is 13.8. The molecule has 0 amide bonds. The van der Waals surface area contributed by atoms with Crippen molar-refractivity contribution in [3.05, 3.63) is 57.9 Å². The van der Waals surface area contributed by atoms with Crippen molar-refractivity contribution in [1.29, 1.82) is 0 Å². The first-order chi connectivity index (χ1) is 10.6. The number of carbonyl (C=O) groups is 1. The van der Waals surface area contributed by atoms with E-state index in [-0.39, 0.29) is 21.2 Å². The van der Waals surface area contributed by atoms with Crippen LogP contribution in [0.4, 0.5) is 10.1 Å². The van der Waals surface area contributed by atoms with Crippen molar-refractivity contribution in [2.45, 2.75) is 18.7 Å². The third-order valence-electron chi connectivity index (χ3n) is 3.13. The number of aryl methyl sites for hydroxylation is 2. The minimum Gasteiger partial charge on any atom is -0.478 e. The van der Waals surface area contributed by atoms with Crippen LogP contribution in [0.1, 0.15) is 21.5 Å². The van der Waals surface area contributed by atoms with Crippen molar-refractivity contribution in [3.63, 3.8) is 0 Å². The van der Waals surface area contributed by atoms with Gasteiger partial charge >= 0.3 is 5.97 Å². The smallest absolute Gasteiger partial charge is 0.337 e. The lowest BCUT2D eigenvalue weighted by atomic mass is 10.0. The zero-order chi connectivity index (χ0) is 17.4. The number of carboxylic acids is 1. The van der Waals surface area contributed by atoms with E-state index in [2.05, 4.69) is 4.72 Å². The molecule has 0 aliphatic carbocycles. The molecule has 23 heavy (non-hydrogen) atoms. The first-order valence-corrected chi connectivity index (χ1v) is 8.30. The SMILES string of the molecule is Cc1cc(C)c(NS(=O)(=O)c2ccc(F)cc2Cl)c(C(=O)O)c1. The van der Waals surface area contributed by atoms with Crippen LogP contribution in [0.15, 0.2) is 35.2 Å². The Hall–Kier alpha value is -2.12. The van der Waals surface area contributed by atoms with Crippen molar-refractivity contribution in [2.75, 3.05) is 4.72 Å². The quantitative estimate of drug-likeness (QED) is 0.875. The van der Waals surface area contributed by atoms with Crippen molar-refractivity contribution >= 4 is 33.3 Å². The Kier molecular flexibility index (Phi) is 4.63. The Labute approximate surface area is 137 Å². The van der Waals surface area contributed by atoms with Crippen LogP contribution in [0, 0.1) is 19.7 Å². The zero-order valence-electron chi connectivity index (χ0n) is 12.2. The van der Waals surface area contributed by atoms with Gasteiger partial charge in [-0.3, -0.25) is 4.72 Å². The molecule has 0 saturated carbocycles. The van der Waals surface area contributed by atoms with Crippen LogP contribution in [0.25, 0.3) is 0 Å². The fraction of sp³-hybridized carbons (Fsp3) is 0.133. The summed E-state index contributed by atoms with van der Waals surface area (Å²) in [5.41, 5.74) is 0.902. The Bertz CT molecular complexity index is 897. The van der Waals surface area contributed by atoms with E-state index in [1.807, 2.05) is 0 Å². The molecule has 0 fully saturated rings. The van der Waals surface area contributed by atoms with Crippen LogP contribution in [0.5, 0.6) is 0 Å². The van der Waals surface area contributed by atoms with Gasteiger partial charge in [-0.05, 0) is 49.2 Å². The monoisotopic (exact) mass is 357 g/mol. The standard InChI is InChI=1S/C15H13ClFNO4S/c1-8-5-9(2)14(11(6-8)15(19)20)18-23(21,22)13-4-3-10(17)7-12(13)16/h3-7,18H,1-2H3,(H,19,20). The predicted octanol–water partition coefficient (Wildman–Crippen LogP) is 3.59. The number of halogens is 2.